The summed E-state index contributed by atoms with van der Waals surface area (Å²) in [5.74, 6) is 1.60. The maximum atomic E-state index is 12.6. The SMILES string of the molecule is Cc1cc(NC(=O)c2cccc(C3CC3N(C3CCC3)C3CCC3)c2)no1.Cl. The van der Waals surface area contributed by atoms with Gasteiger partial charge in [-0.05, 0) is 56.7 Å². The lowest BCUT2D eigenvalue weighted by Crippen LogP contribution is -2.51. The van der Waals surface area contributed by atoms with Gasteiger partial charge < -0.3 is 9.84 Å². The summed E-state index contributed by atoms with van der Waals surface area (Å²) in [6.07, 6.45) is 9.52. The number of aryl methyl sites for hydroxylation is 1. The smallest absolute Gasteiger partial charge is 0.256 e. The van der Waals surface area contributed by atoms with Gasteiger partial charge in [0.2, 0.25) is 0 Å². The third-order valence-corrected chi connectivity index (χ3v) is 6.58. The maximum absolute atomic E-state index is 12.6. The summed E-state index contributed by atoms with van der Waals surface area (Å²) in [5, 5.41) is 6.66. The summed E-state index contributed by atoms with van der Waals surface area (Å²) in [6, 6.07) is 12.2. The third kappa shape index (κ3) is 3.70. The Labute approximate surface area is 172 Å². The first-order valence-corrected chi connectivity index (χ1v) is 10.3. The molecule has 0 spiro atoms. The average Bonchev–Trinajstić information content (AvgIpc) is 3.27. The molecule has 1 N–H and O–H groups in total. The number of hydrogen-bond donors (Lipinski definition) is 1. The van der Waals surface area contributed by atoms with Crippen molar-refractivity contribution in [2.45, 2.75) is 75.9 Å². The lowest BCUT2D eigenvalue weighted by Gasteiger charge is -2.47. The number of nitrogens with zero attached hydrogens (tertiary/aromatic N) is 2. The molecule has 0 aliphatic heterocycles. The molecule has 1 aromatic heterocycles. The van der Waals surface area contributed by atoms with E-state index >= 15 is 0 Å². The van der Waals surface area contributed by atoms with E-state index in [2.05, 4.69) is 27.5 Å². The Kier molecular flexibility index (Phi) is 5.48. The summed E-state index contributed by atoms with van der Waals surface area (Å²) in [5.41, 5.74) is 1.99. The van der Waals surface area contributed by atoms with E-state index in [1.165, 1.54) is 50.5 Å². The highest BCUT2D eigenvalue weighted by molar-refractivity contribution is 6.03. The molecule has 2 atom stereocenters. The number of amides is 1. The van der Waals surface area contributed by atoms with Crippen LogP contribution in [0.2, 0.25) is 0 Å². The summed E-state index contributed by atoms with van der Waals surface area (Å²) in [7, 11) is 0. The fraction of sp³-hybridized carbons (Fsp3) is 0.545. The second kappa shape index (κ2) is 7.88. The summed E-state index contributed by atoms with van der Waals surface area (Å²) in [6.45, 7) is 1.81. The van der Waals surface area contributed by atoms with Crippen LogP contribution in [0.25, 0.3) is 0 Å². The standard InChI is InChI=1S/C22H27N3O2.ClH/c1-14-11-21(24-27-14)23-22(26)16-6-2-5-15(12-16)19-13-20(19)25(17-7-3-8-17)18-9-4-10-18;/h2,5-6,11-12,17-20H,3-4,7-10,13H2,1H3,(H,23,24,26);1H. The van der Waals surface area contributed by atoms with Gasteiger partial charge >= 0.3 is 0 Å². The van der Waals surface area contributed by atoms with Gasteiger partial charge in [0.1, 0.15) is 5.76 Å². The Morgan fingerprint density at radius 3 is 2.43 bits per heavy atom. The fourth-order valence-corrected chi connectivity index (χ4v) is 4.60. The second-order valence-electron chi connectivity index (χ2n) is 8.43. The van der Waals surface area contributed by atoms with E-state index in [9.17, 15) is 4.79 Å². The minimum absolute atomic E-state index is 0. The van der Waals surface area contributed by atoms with Gasteiger partial charge in [0.05, 0.1) is 0 Å². The van der Waals surface area contributed by atoms with Crippen LogP contribution in [-0.4, -0.2) is 34.1 Å². The van der Waals surface area contributed by atoms with E-state index in [1.807, 2.05) is 19.1 Å². The molecule has 1 heterocycles. The van der Waals surface area contributed by atoms with Gasteiger partial charge in [-0.2, -0.15) is 0 Å². The first-order chi connectivity index (χ1) is 13.2. The van der Waals surface area contributed by atoms with Crippen LogP contribution in [0.15, 0.2) is 34.9 Å². The van der Waals surface area contributed by atoms with Crippen LogP contribution in [0.5, 0.6) is 0 Å². The molecule has 2 aromatic rings. The van der Waals surface area contributed by atoms with Crippen molar-refractivity contribution in [3.8, 4) is 0 Å². The predicted octanol–water partition coefficient (Wildman–Crippen LogP) is 4.92. The molecule has 1 amide bonds. The van der Waals surface area contributed by atoms with E-state index in [1.54, 1.807) is 6.07 Å². The zero-order valence-corrected chi connectivity index (χ0v) is 17.1. The zero-order valence-electron chi connectivity index (χ0n) is 16.3. The number of nitrogens with one attached hydrogen (secondary N) is 1. The van der Waals surface area contributed by atoms with Gasteiger partial charge in [-0.15, -0.1) is 12.4 Å². The van der Waals surface area contributed by atoms with Crippen molar-refractivity contribution in [2.75, 3.05) is 5.32 Å². The van der Waals surface area contributed by atoms with E-state index in [-0.39, 0.29) is 18.3 Å². The Morgan fingerprint density at radius 2 is 1.86 bits per heavy atom. The molecule has 5 nitrogen and oxygen atoms in total. The van der Waals surface area contributed by atoms with Crippen LogP contribution < -0.4 is 5.32 Å². The van der Waals surface area contributed by atoms with Crippen molar-refractivity contribution in [2.24, 2.45) is 0 Å². The maximum Gasteiger partial charge on any atom is 0.256 e. The first-order valence-electron chi connectivity index (χ1n) is 10.3. The highest BCUT2D eigenvalue weighted by atomic mass is 35.5. The van der Waals surface area contributed by atoms with Crippen molar-refractivity contribution in [1.29, 1.82) is 0 Å². The Morgan fingerprint density at radius 1 is 1.14 bits per heavy atom. The number of benzene rings is 1. The minimum Gasteiger partial charge on any atom is -0.360 e. The van der Waals surface area contributed by atoms with Gasteiger partial charge in [0.15, 0.2) is 5.82 Å². The largest absolute Gasteiger partial charge is 0.360 e. The molecule has 3 saturated carbocycles. The highest BCUT2D eigenvalue weighted by Crippen LogP contribution is 2.50. The number of anilines is 1. The molecule has 0 bridgehead atoms. The summed E-state index contributed by atoms with van der Waals surface area (Å²) < 4.78 is 5.02. The molecule has 2 unspecified atom stereocenters. The fourth-order valence-electron chi connectivity index (χ4n) is 4.60. The molecule has 150 valence electrons. The summed E-state index contributed by atoms with van der Waals surface area (Å²) >= 11 is 0. The Hall–Kier alpha value is -1.85. The van der Waals surface area contributed by atoms with Crippen molar-refractivity contribution in [1.82, 2.24) is 10.1 Å². The molecule has 6 heteroatoms. The number of halogens is 1. The van der Waals surface area contributed by atoms with E-state index in [0.29, 0.717) is 29.1 Å². The lowest BCUT2D eigenvalue weighted by molar-refractivity contribution is 0.0311. The minimum atomic E-state index is -0.128. The number of aromatic nitrogens is 1. The van der Waals surface area contributed by atoms with Crippen LogP contribution in [0.1, 0.15) is 72.5 Å². The molecule has 3 fully saturated rings. The molecular formula is C22H28ClN3O2. The van der Waals surface area contributed by atoms with Gasteiger partial charge in [-0.1, -0.05) is 30.1 Å². The number of carbonyl (C=O) groups is 1. The highest BCUT2D eigenvalue weighted by Gasteiger charge is 2.49. The molecule has 28 heavy (non-hydrogen) atoms. The normalized spacial score (nSPS) is 24.2. The lowest BCUT2D eigenvalue weighted by atomic mass is 9.84. The Bertz CT molecular complexity index is 830. The van der Waals surface area contributed by atoms with Gasteiger partial charge in [-0.3, -0.25) is 9.69 Å². The molecule has 0 saturated heterocycles. The predicted molar refractivity (Wildman–Crippen MR) is 111 cm³/mol. The molecule has 0 radical (unpaired) electrons. The summed E-state index contributed by atoms with van der Waals surface area (Å²) in [4.78, 5) is 15.4. The van der Waals surface area contributed by atoms with Crippen LogP contribution in [-0.2, 0) is 0 Å². The number of rotatable bonds is 6. The van der Waals surface area contributed by atoms with Crippen LogP contribution in [0.3, 0.4) is 0 Å². The van der Waals surface area contributed by atoms with Gasteiger partial charge in [-0.25, -0.2) is 0 Å². The van der Waals surface area contributed by atoms with Crippen LogP contribution in [0, 0.1) is 6.92 Å². The van der Waals surface area contributed by atoms with Crippen LogP contribution in [0.4, 0.5) is 5.82 Å². The quantitative estimate of drug-likeness (QED) is 0.746. The van der Waals surface area contributed by atoms with Crippen LogP contribution >= 0.6 is 12.4 Å². The van der Waals surface area contributed by atoms with Crippen molar-refractivity contribution in [3.05, 3.63) is 47.2 Å². The third-order valence-electron chi connectivity index (χ3n) is 6.58. The molecular weight excluding hydrogens is 374 g/mol. The molecule has 5 rings (SSSR count). The Balaban J connectivity index is 0.00000192. The van der Waals surface area contributed by atoms with Gasteiger partial charge in [0.25, 0.3) is 5.91 Å². The zero-order chi connectivity index (χ0) is 18.4. The van der Waals surface area contributed by atoms with E-state index in [4.69, 9.17) is 4.52 Å². The molecule has 3 aliphatic carbocycles. The van der Waals surface area contributed by atoms with Gasteiger partial charge in [0, 0.05) is 35.7 Å². The van der Waals surface area contributed by atoms with Crippen molar-refractivity contribution in [3.63, 3.8) is 0 Å². The van der Waals surface area contributed by atoms with E-state index in [0.717, 1.165) is 12.1 Å². The van der Waals surface area contributed by atoms with E-state index < -0.39 is 0 Å². The monoisotopic (exact) mass is 401 g/mol. The average molecular weight is 402 g/mol. The van der Waals surface area contributed by atoms with Crippen molar-refractivity contribution >= 4 is 24.1 Å². The topological polar surface area (TPSA) is 58.4 Å². The van der Waals surface area contributed by atoms with Crippen molar-refractivity contribution < 1.29 is 9.32 Å². The molecule has 3 aliphatic rings. The second-order valence-corrected chi connectivity index (χ2v) is 8.43. The number of carbonyl (C=O) groups excluding carboxylic acids is 1. The first kappa shape index (κ1) is 19.5. The number of hydrogen-bond acceptors (Lipinski definition) is 4. The molecule has 1 aromatic carbocycles.